The van der Waals surface area contributed by atoms with Crippen molar-refractivity contribution in [2.24, 2.45) is 0 Å². The van der Waals surface area contributed by atoms with Crippen LogP contribution in [0.4, 0.5) is 43.9 Å². The van der Waals surface area contributed by atoms with Gasteiger partial charge in [-0.15, -0.1) is 12.1 Å². The van der Waals surface area contributed by atoms with Crippen LogP contribution in [0.5, 0.6) is 0 Å². The van der Waals surface area contributed by atoms with Crippen LogP contribution in [0.3, 0.4) is 0 Å². The number of rotatable bonds is 0. The zero-order chi connectivity index (χ0) is 32.2. The van der Waals surface area contributed by atoms with Crippen molar-refractivity contribution in [2.45, 2.75) is 0 Å². The average Bonchev–Trinajstić information content (AvgIpc) is 3.04. The van der Waals surface area contributed by atoms with Gasteiger partial charge >= 0.3 is 49.7 Å². The van der Waals surface area contributed by atoms with Crippen LogP contribution in [0.15, 0.2) is 73.1 Å². The van der Waals surface area contributed by atoms with Gasteiger partial charge in [0.05, 0.1) is 58.2 Å². The zero-order valence-corrected chi connectivity index (χ0v) is 29.1. The van der Waals surface area contributed by atoms with Crippen molar-refractivity contribution in [1.29, 1.82) is 0 Å². The van der Waals surface area contributed by atoms with Crippen molar-refractivity contribution >= 4 is 27.3 Å². The summed E-state index contributed by atoms with van der Waals surface area (Å²) in [6.07, 6.45) is 3.47. The van der Waals surface area contributed by atoms with Gasteiger partial charge in [0, 0.05) is 23.5 Å². The summed E-state index contributed by atoms with van der Waals surface area (Å²) < 4.78 is 120. The molecule has 46 heavy (non-hydrogen) atoms. The van der Waals surface area contributed by atoms with Gasteiger partial charge in [0.15, 0.2) is 0 Å². The fourth-order valence-electron chi connectivity index (χ4n) is 2.77. The topological polar surface area (TPSA) is 25.8 Å². The third-order valence-electron chi connectivity index (χ3n) is 4.87. The van der Waals surface area contributed by atoms with E-state index in [4.69, 9.17) is 0 Å². The maximum absolute atomic E-state index is 12.0. The molecule has 0 radical (unpaired) electrons. The standard InChI is InChI=1S/C20H12N2.2C6F5.Au.Tl/c1-3-15-21-19(5-1)13-11-17-7-9-18(10-8-17)12-14-20-6-2-4-16-22-20;2*7-2-1-3(8)5(10)6(11)4(2)9;;/h1-10,15-16H;;;;/q;2*-1;2*+1. The molecular formula is C32H12AuF10N2Tl. The minimum absolute atomic E-state index is 0. The number of nitrogens with zero attached hydrogens (tertiary/aromatic N) is 2. The Kier molecular flexibility index (Phi) is 17.0. The molecule has 0 N–H and O–H groups in total. The molecule has 0 amide bonds. The molecule has 5 aromatic rings. The third kappa shape index (κ3) is 11.8. The predicted molar refractivity (Wildman–Crippen MR) is 143 cm³/mol. The predicted octanol–water partition coefficient (Wildman–Crippen LogP) is 7.26. The second kappa shape index (κ2) is 19.5. The SMILES string of the molecule is C(#Cc1ccccn1)c1ccc(C#Cc2ccccn2)cc1.Fc1[c-]c(F)c(F)c(F)c1F.Fc1[c-]c(F)c(F)c(F)c1F.[Au+].[Tl+]. The first-order valence-corrected chi connectivity index (χ1v) is 11.8. The molecule has 0 saturated carbocycles. The Hall–Kier alpha value is -3.96. The second-order valence-corrected chi connectivity index (χ2v) is 7.90. The van der Waals surface area contributed by atoms with Gasteiger partial charge in [-0.1, -0.05) is 24.0 Å². The fraction of sp³-hybridized carbons (Fsp3) is 0. The van der Waals surface area contributed by atoms with Crippen LogP contribution in [0.2, 0.25) is 0 Å². The van der Waals surface area contributed by atoms with E-state index in [9.17, 15) is 43.9 Å². The van der Waals surface area contributed by atoms with E-state index in [2.05, 4.69) is 33.6 Å². The van der Waals surface area contributed by atoms with Crippen LogP contribution in [-0.4, -0.2) is 37.3 Å². The van der Waals surface area contributed by atoms with Crippen molar-refractivity contribution in [3.63, 3.8) is 0 Å². The Labute approximate surface area is 291 Å². The molecule has 0 atom stereocenters. The van der Waals surface area contributed by atoms with Crippen molar-refractivity contribution in [1.82, 2.24) is 9.97 Å². The number of pyridine rings is 2. The maximum Gasteiger partial charge on any atom is 1.00 e. The molecule has 234 valence electrons. The normalized spacial score (nSPS) is 9.26. The van der Waals surface area contributed by atoms with Crippen molar-refractivity contribution in [2.75, 3.05) is 0 Å². The van der Waals surface area contributed by atoms with Gasteiger partial charge < -0.3 is 0 Å². The van der Waals surface area contributed by atoms with Crippen LogP contribution >= 0.6 is 0 Å². The third-order valence-corrected chi connectivity index (χ3v) is 4.87. The quantitative estimate of drug-likeness (QED) is 0.0409. The number of hydrogen-bond donors (Lipinski definition) is 0. The molecule has 0 saturated heterocycles. The number of aromatic nitrogens is 2. The average molecular weight is 1020 g/mol. The van der Waals surface area contributed by atoms with E-state index in [1.807, 2.05) is 60.7 Å². The monoisotopic (exact) mass is 1020 g/mol. The Balaban J connectivity index is 0.000000375. The van der Waals surface area contributed by atoms with Gasteiger partial charge in [-0.3, -0.25) is 17.6 Å². The molecule has 0 aliphatic rings. The largest absolute Gasteiger partial charge is 1.00 e. The first-order valence-electron chi connectivity index (χ1n) is 11.8. The Morgan fingerprint density at radius 3 is 0.978 bits per heavy atom. The summed E-state index contributed by atoms with van der Waals surface area (Å²) in [5.41, 5.74) is 3.41. The second-order valence-electron chi connectivity index (χ2n) is 7.90. The number of benzene rings is 3. The summed E-state index contributed by atoms with van der Waals surface area (Å²) in [5, 5.41) is 0. The molecule has 2 aromatic heterocycles. The smallest absolute Gasteiger partial charge is 0.278 e. The van der Waals surface area contributed by atoms with E-state index in [0.717, 1.165) is 34.6 Å². The minimum atomic E-state index is -2.17. The summed E-state index contributed by atoms with van der Waals surface area (Å²) in [6.45, 7) is 0. The summed E-state index contributed by atoms with van der Waals surface area (Å²) in [7, 11) is 0. The number of hydrogen-bond acceptors (Lipinski definition) is 2. The van der Waals surface area contributed by atoms with E-state index < -0.39 is 58.2 Å². The van der Waals surface area contributed by atoms with Gasteiger partial charge in [0.25, 0.3) is 0 Å². The summed E-state index contributed by atoms with van der Waals surface area (Å²) in [5.74, 6) is -7.85. The summed E-state index contributed by atoms with van der Waals surface area (Å²) in [6, 6.07) is 21.3. The maximum atomic E-state index is 12.0. The minimum Gasteiger partial charge on any atom is -0.278 e. The number of halogens is 10. The van der Waals surface area contributed by atoms with E-state index in [-0.39, 0.29) is 49.7 Å². The van der Waals surface area contributed by atoms with Gasteiger partial charge in [-0.05, 0) is 60.4 Å². The Bertz CT molecular complexity index is 1680. The Morgan fingerprint density at radius 2 is 0.717 bits per heavy atom. The van der Waals surface area contributed by atoms with Gasteiger partial charge in [-0.25, -0.2) is 36.3 Å². The van der Waals surface area contributed by atoms with Crippen LogP contribution < -0.4 is 0 Å². The molecular weight excluding hydrogens is 1000 g/mol. The zero-order valence-electron chi connectivity index (χ0n) is 22.5. The van der Waals surface area contributed by atoms with Crippen molar-refractivity contribution in [3.05, 3.63) is 166 Å². The molecule has 0 aliphatic carbocycles. The van der Waals surface area contributed by atoms with E-state index in [1.165, 1.54) is 0 Å². The van der Waals surface area contributed by atoms with E-state index in [0.29, 0.717) is 0 Å². The molecule has 0 fully saturated rings. The van der Waals surface area contributed by atoms with E-state index in [1.54, 1.807) is 12.4 Å². The molecule has 0 aliphatic heterocycles. The molecule has 0 unspecified atom stereocenters. The molecule has 0 spiro atoms. The van der Waals surface area contributed by atoms with Crippen LogP contribution in [-0.2, 0) is 22.4 Å². The molecule has 5 rings (SSSR count). The van der Waals surface area contributed by atoms with E-state index >= 15 is 0 Å². The fourth-order valence-corrected chi connectivity index (χ4v) is 2.77. The van der Waals surface area contributed by atoms with Crippen molar-refractivity contribution in [3.8, 4) is 23.7 Å². The van der Waals surface area contributed by atoms with Gasteiger partial charge in [0.2, 0.25) is 0 Å². The summed E-state index contributed by atoms with van der Waals surface area (Å²) in [4.78, 5) is 8.34. The molecule has 2 nitrogen and oxygen atoms in total. The van der Waals surface area contributed by atoms with Crippen LogP contribution in [0.1, 0.15) is 22.5 Å². The molecule has 14 heteroatoms. The van der Waals surface area contributed by atoms with Gasteiger partial charge in [0.1, 0.15) is 11.4 Å². The molecule has 0 bridgehead atoms. The van der Waals surface area contributed by atoms with Crippen LogP contribution in [0, 0.1) is 94.0 Å². The molecule has 2 heterocycles. The first kappa shape index (κ1) is 40.1. The molecule has 3 aromatic carbocycles. The van der Waals surface area contributed by atoms with Crippen LogP contribution in [0.25, 0.3) is 0 Å². The Morgan fingerprint density at radius 1 is 0.413 bits per heavy atom. The van der Waals surface area contributed by atoms with Gasteiger partial charge in [-0.2, -0.15) is 0 Å². The summed E-state index contributed by atoms with van der Waals surface area (Å²) >= 11 is 0. The first-order chi connectivity index (χ1) is 21.0. The van der Waals surface area contributed by atoms with Crippen molar-refractivity contribution < 1.29 is 66.3 Å².